The quantitative estimate of drug-likeness (QED) is 0.309. The molecule has 0 saturated heterocycles. The topological polar surface area (TPSA) is 180 Å². The number of hydrogen-bond acceptors (Lipinski definition) is 8. The smallest absolute Gasteiger partial charge is 0.341 e. The van der Waals surface area contributed by atoms with Gasteiger partial charge in [-0.2, -0.15) is 0 Å². The summed E-state index contributed by atoms with van der Waals surface area (Å²) in [6.45, 7) is 1.49. The molecule has 0 saturated carbocycles. The van der Waals surface area contributed by atoms with E-state index >= 15 is 0 Å². The molecule has 0 aliphatic carbocycles. The molecule has 12 heteroatoms. The Labute approximate surface area is 184 Å². The normalized spacial score (nSPS) is 10.8. The van der Waals surface area contributed by atoms with Gasteiger partial charge in [0.2, 0.25) is 0 Å². The highest BCUT2D eigenvalue weighted by Gasteiger charge is 2.16. The fourth-order valence-electron chi connectivity index (χ4n) is 3.18. The van der Waals surface area contributed by atoms with E-state index in [9.17, 15) is 19.5 Å². The Morgan fingerprint density at radius 2 is 1.88 bits per heavy atom. The van der Waals surface area contributed by atoms with Crippen molar-refractivity contribution in [3.8, 4) is 34.0 Å². The molecule has 12 nitrogen and oxygen atoms in total. The zero-order valence-electron chi connectivity index (χ0n) is 17.2. The van der Waals surface area contributed by atoms with Crippen molar-refractivity contribution in [1.29, 1.82) is 0 Å². The number of benzene rings is 2. The highest BCUT2D eigenvalue weighted by atomic mass is 16.5. The van der Waals surface area contributed by atoms with E-state index in [0.717, 1.165) is 0 Å². The second-order valence-electron chi connectivity index (χ2n) is 6.80. The van der Waals surface area contributed by atoms with Crippen LogP contribution in [0.2, 0.25) is 0 Å². The molecule has 4 aromatic rings. The van der Waals surface area contributed by atoms with E-state index in [1.54, 1.807) is 25.1 Å². The van der Waals surface area contributed by atoms with Gasteiger partial charge in [-0.25, -0.2) is 19.7 Å². The van der Waals surface area contributed by atoms with Crippen molar-refractivity contribution in [2.75, 3.05) is 13.2 Å². The molecule has 168 valence electrons. The summed E-state index contributed by atoms with van der Waals surface area (Å²) in [6.07, 6.45) is 0. The number of aromatic amines is 2. The molecule has 2 aromatic carbocycles. The van der Waals surface area contributed by atoms with Gasteiger partial charge in [-0.15, -0.1) is 5.10 Å². The van der Waals surface area contributed by atoms with Crippen molar-refractivity contribution in [1.82, 2.24) is 25.4 Å². The minimum Gasteiger partial charge on any atom is -0.493 e. The molecule has 0 fully saturated rings. The van der Waals surface area contributed by atoms with E-state index in [1.807, 2.05) is 0 Å². The van der Waals surface area contributed by atoms with Crippen LogP contribution in [0, 0.1) is 0 Å². The number of nitrogens with one attached hydrogen (secondary N) is 2. The molecule has 0 spiro atoms. The number of carbonyl (C=O) groups is 2. The average molecular weight is 451 g/mol. The summed E-state index contributed by atoms with van der Waals surface area (Å²) < 4.78 is 10.9. The summed E-state index contributed by atoms with van der Waals surface area (Å²) in [4.78, 5) is 41.6. The molecule has 0 aliphatic heterocycles. The van der Waals surface area contributed by atoms with Gasteiger partial charge in [-0.05, 0) is 48.4 Å². The van der Waals surface area contributed by atoms with E-state index in [4.69, 9.17) is 14.6 Å². The number of rotatable bonds is 8. The molecule has 4 N–H and O–H groups in total. The van der Waals surface area contributed by atoms with Crippen LogP contribution in [0.3, 0.4) is 0 Å². The van der Waals surface area contributed by atoms with E-state index in [-0.39, 0.29) is 28.3 Å². The van der Waals surface area contributed by atoms with Crippen LogP contribution in [-0.2, 0) is 4.79 Å². The molecule has 0 aliphatic rings. The van der Waals surface area contributed by atoms with E-state index < -0.39 is 24.1 Å². The SMILES string of the molecule is CCOc1cc(-c2cc(OCC(=O)O)cc(C(=O)O)c2)ccc1-c1nc2[nH]nnc2c(=O)[nH]1. The third kappa shape index (κ3) is 4.49. The predicted molar refractivity (Wildman–Crippen MR) is 114 cm³/mol. The Balaban J connectivity index is 1.80. The zero-order valence-corrected chi connectivity index (χ0v) is 17.2. The summed E-state index contributed by atoms with van der Waals surface area (Å²) in [5.41, 5.74) is 1.30. The minimum absolute atomic E-state index is 0.0712. The monoisotopic (exact) mass is 451 g/mol. The van der Waals surface area contributed by atoms with Gasteiger partial charge in [-0.3, -0.25) is 4.79 Å². The van der Waals surface area contributed by atoms with Crippen molar-refractivity contribution >= 4 is 23.1 Å². The van der Waals surface area contributed by atoms with Gasteiger partial charge in [-0.1, -0.05) is 11.3 Å². The first-order valence-electron chi connectivity index (χ1n) is 9.67. The minimum atomic E-state index is -1.19. The number of fused-ring (bicyclic) bond motifs is 1. The van der Waals surface area contributed by atoms with Gasteiger partial charge < -0.3 is 24.7 Å². The first kappa shape index (κ1) is 21.5. The Morgan fingerprint density at radius 1 is 1.06 bits per heavy atom. The number of hydrogen-bond donors (Lipinski definition) is 4. The zero-order chi connectivity index (χ0) is 23.5. The average Bonchev–Trinajstić information content (AvgIpc) is 3.27. The Morgan fingerprint density at radius 3 is 2.61 bits per heavy atom. The molecule has 33 heavy (non-hydrogen) atoms. The number of carboxylic acids is 2. The molecular formula is C21H17N5O7. The van der Waals surface area contributed by atoms with Crippen LogP contribution >= 0.6 is 0 Å². The van der Waals surface area contributed by atoms with Gasteiger partial charge in [0.05, 0.1) is 17.7 Å². The molecule has 0 atom stereocenters. The Hall–Kier alpha value is -4.74. The third-order valence-corrected chi connectivity index (χ3v) is 4.59. The van der Waals surface area contributed by atoms with Gasteiger partial charge >= 0.3 is 11.9 Å². The largest absolute Gasteiger partial charge is 0.493 e. The maximum Gasteiger partial charge on any atom is 0.341 e. The molecule has 0 unspecified atom stereocenters. The molecule has 0 bridgehead atoms. The fraction of sp³-hybridized carbons (Fsp3) is 0.143. The number of aromatic carboxylic acids is 1. The molecule has 2 aromatic heterocycles. The summed E-state index contributed by atoms with van der Waals surface area (Å²) in [6, 6.07) is 9.23. The predicted octanol–water partition coefficient (Wildman–Crippen LogP) is 1.94. The molecule has 2 heterocycles. The summed E-state index contributed by atoms with van der Waals surface area (Å²) in [7, 11) is 0. The number of ether oxygens (including phenoxy) is 2. The maximum absolute atomic E-state index is 12.3. The number of aliphatic carboxylic acids is 1. The lowest BCUT2D eigenvalue weighted by Gasteiger charge is -2.13. The van der Waals surface area contributed by atoms with Crippen molar-refractivity contribution in [2.45, 2.75) is 6.92 Å². The molecule has 0 amide bonds. The first-order valence-corrected chi connectivity index (χ1v) is 9.67. The molecule has 4 rings (SSSR count). The highest BCUT2D eigenvalue weighted by molar-refractivity contribution is 5.90. The Bertz CT molecular complexity index is 1430. The van der Waals surface area contributed by atoms with Crippen LogP contribution in [0.25, 0.3) is 33.7 Å². The van der Waals surface area contributed by atoms with E-state index in [0.29, 0.717) is 29.0 Å². The van der Waals surface area contributed by atoms with Gasteiger partial charge in [0, 0.05) is 0 Å². The van der Waals surface area contributed by atoms with Gasteiger partial charge in [0.1, 0.15) is 17.3 Å². The van der Waals surface area contributed by atoms with Crippen molar-refractivity contribution in [3.63, 3.8) is 0 Å². The first-order chi connectivity index (χ1) is 15.9. The Kier molecular flexibility index (Phi) is 5.72. The summed E-state index contributed by atoms with van der Waals surface area (Å²) in [5, 5.41) is 28.1. The van der Waals surface area contributed by atoms with E-state index in [2.05, 4.69) is 25.4 Å². The van der Waals surface area contributed by atoms with Crippen LogP contribution in [-0.4, -0.2) is 60.7 Å². The second kappa shape index (κ2) is 8.78. The van der Waals surface area contributed by atoms with E-state index in [1.165, 1.54) is 18.2 Å². The summed E-state index contributed by atoms with van der Waals surface area (Å²) >= 11 is 0. The van der Waals surface area contributed by atoms with Crippen molar-refractivity contribution in [3.05, 3.63) is 52.3 Å². The summed E-state index contributed by atoms with van der Waals surface area (Å²) in [5.74, 6) is -1.66. The van der Waals surface area contributed by atoms with Gasteiger partial charge in [0.25, 0.3) is 5.56 Å². The standard InChI is InChI=1S/C21H17N5O7/c1-2-32-15-8-10(11-5-12(21(30)31)7-13(6-11)33-9-16(27)28)3-4-14(15)18-22-19-17(20(29)23-18)24-26-25-19/h3-8H,2,9H2,1H3,(H,27,28)(H,30,31)(H2,22,23,24,25,26,29). The number of nitrogens with zero attached hydrogens (tertiary/aromatic N) is 3. The highest BCUT2D eigenvalue weighted by Crippen LogP contribution is 2.34. The number of carboxylic acid groups (broad SMARTS) is 2. The number of H-pyrrole nitrogens is 2. The van der Waals surface area contributed by atoms with Crippen molar-refractivity contribution in [2.24, 2.45) is 0 Å². The lowest BCUT2D eigenvalue weighted by Crippen LogP contribution is -2.10. The number of aromatic nitrogens is 5. The second-order valence-corrected chi connectivity index (χ2v) is 6.80. The van der Waals surface area contributed by atoms with Crippen LogP contribution in [0.4, 0.5) is 0 Å². The van der Waals surface area contributed by atoms with Crippen molar-refractivity contribution < 1.29 is 29.3 Å². The van der Waals surface area contributed by atoms with Crippen LogP contribution in [0.15, 0.2) is 41.2 Å². The molecular weight excluding hydrogens is 434 g/mol. The fourth-order valence-corrected chi connectivity index (χ4v) is 3.18. The third-order valence-electron chi connectivity index (χ3n) is 4.59. The van der Waals surface area contributed by atoms with Crippen LogP contribution < -0.4 is 15.0 Å². The van der Waals surface area contributed by atoms with Gasteiger partial charge in [0.15, 0.2) is 17.8 Å². The lowest BCUT2D eigenvalue weighted by atomic mass is 10.00. The lowest BCUT2D eigenvalue weighted by molar-refractivity contribution is -0.139. The van der Waals surface area contributed by atoms with Crippen LogP contribution in [0.5, 0.6) is 11.5 Å². The maximum atomic E-state index is 12.3. The molecule has 0 radical (unpaired) electrons. The van der Waals surface area contributed by atoms with Crippen LogP contribution in [0.1, 0.15) is 17.3 Å².